The molecule has 8 nitrogen and oxygen atoms in total. The van der Waals surface area contributed by atoms with Crippen molar-refractivity contribution in [3.63, 3.8) is 0 Å². The van der Waals surface area contributed by atoms with E-state index < -0.39 is 0 Å². The minimum atomic E-state index is -0.314. The highest BCUT2D eigenvalue weighted by Gasteiger charge is 2.18. The molecule has 0 bridgehead atoms. The summed E-state index contributed by atoms with van der Waals surface area (Å²) < 4.78 is 17.6. The van der Waals surface area contributed by atoms with Crippen molar-refractivity contribution in [3.8, 4) is 23.0 Å². The molecule has 0 radical (unpaired) electrons. The first kappa shape index (κ1) is 21.6. The zero-order chi connectivity index (χ0) is 22.3. The van der Waals surface area contributed by atoms with Gasteiger partial charge in [-0.1, -0.05) is 17.7 Å². The molecule has 0 spiro atoms. The lowest BCUT2D eigenvalue weighted by Gasteiger charge is -2.06. The summed E-state index contributed by atoms with van der Waals surface area (Å²) in [6.07, 6.45) is 3.23. The minimum absolute atomic E-state index is 0.263. The van der Waals surface area contributed by atoms with Crippen LogP contribution in [0.4, 0.5) is 0 Å². The molecule has 9 heteroatoms. The molecule has 0 saturated heterocycles. The molecule has 4 aromatic rings. The van der Waals surface area contributed by atoms with Crippen molar-refractivity contribution in [2.75, 3.05) is 20.3 Å². The molecule has 0 fully saturated rings. The van der Waals surface area contributed by atoms with Crippen LogP contribution in [0.3, 0.4) is 0 Å². The molecular formula is C23H21ClN4O4. The molecule has 32 heavy (non-hydrogen) atoms. The topological polar surface area (TPSA) is 91.4 Å². The van der Waals surface area contributed by atoms with E-state index in [1.54, 1.807) is 54.6 Å². The van der Waals surface area contributed by atoms with Gasteiger partial charge in [0.15, 0.2) is 11.5 Å². The van der Waals surface area contributed by atoms with Crippen LogP contribution >= 0.6 is 11.6 Å². The van der Waals surface area contributed by atoms with Crippen molar-refractivity contribution >= 4 is 17.5 Å². The van der Waals surface area contributed by atoms with E-state index in [1.165, 1.54) is 0 Å². The number of rotatable bonds is 9. The van der Waals surface area contributed by atoms with Crippen LogP contribution in [0.25, 0.3) is 17.1 Å². The second-order valence-corrected chi connectivity index (χ2v) is 7.25. The number of furan rings is 1. The maximum absolute atomic E-state index is 12.8. The largest absolute Gasteiger partial charge is 0.475 e. The van der Waals surface area contributed by atoms with Crippen LogP contribution in [-0.4, -0.2) is 41.0 Å². The van der Waals surface area contributed by atoms with Crippen LogP contribution in [0, 0.1) is 0 Å². The quantitative estimate of drug-likeness (QED) is 0.384. The molecule has 4 rings (SSSR count). The highest BCUT2D eigenvalue weighted by molar-refractivity contribution is 6.30. The Morgan fingerprint density at radius 1 is 1.16 bits per heavy atom. The molecule has 0 aliphatic carbocycles. The summed E-state index contributed by atoms with van der Waals surface area (Å²) in [7, 11) is 1.61. The maximum atomic E-state index is 12.8. The Hall–Kier alpha value is -3.62. The van der Waals surface area contributed by atoms with Crippen LogP contribution in [0.15, 0.2) is 71.5 Å². The molecule has 0 aliphatic heterocycles. The summed E-state index contributed by atoms with van der Waals surface area (Å²) >= 11 is 6.00. The monoisotopic (exact) mass is 452 g/mol. The summed E-state index contributed by atoms with van der Waals surface area (Å²) in [5.74, 6) is 0.785. The van der Waals surface area contributed by atoms with E-state index in [9.17, 15) is 4.79 Å². The molecule has 3 heterocycles. The van der Waals surface area contributed by atoms with E-state index in [-0.39, 0.29) is 11.6 Å². The molecule has 0 atom stereocenters. The Kier molecular flexibility index (Phi) is 6.84. The van der Waals surface area contributed by atoms with Gasteiger partial charge in [0.2, 0.25) is 5.88 Å². The van der Waals surface area contributed by atoms with Gasteiger partial charge in [-0.15, -0.1) is 0 Å². The average molecular weight is 453 g/mol. The van der Waals surface area contributed by atoms with Crippen LogP contribution in [-0.2, 0) is 11.3 Å². The van der Waals surface area contributed by atoms with Gasteiger partial charge in [0.05, 0.1) is 18.6 Å². The van der Waals surface area contributed by atoms with Crippen LogP contribution in [0.2, 0.25) is 5.02 Å². The van der Waals surface area contributed by atoms with E-state index in [4.69, 9.17) is 25.5 Å². The van der Waals surface area contributed by atoms with Crippen molar-refractivity contribution in [2.45, 2.75) is 6.54 Å². The Bertz CT molecular complexity index is 1160. The Morgan fingerprint density at radius 2 is 2.00 bits per heavy atom. The van der Waals surface area contributed by atoms with E-state index in [2.05, 4.69) is 15.4 Å². The third-order valence-electron chi connectivity index (χ3n) is 4.57. The van der Waals surface area contributed by atoms with E-state index in [1.807, 2.05) is 24.3 Å². The lowest BCUT2D eigenvalue weighted by atomic mass is 10.2. The van der Waals surface area contributed by atoms with Crippen molar-refractivity contribution in [2.24, 2.45) is 0 Å². The highest BCUT2D eigenvalue weighted by Crippen LogP contribution is 2.25. The van der Waals surface area contributed by atoms with Gasteiger partial charge >= 0.3 is 0 Å². The number of benzene rings is 1. The fourth-order valence-corrected chi connectivity index (χ4v) is 3.10. The zero-order valence-electron chi connectivity index (χ0n) is 17.3. The molecular weight excluding hydrogens is 432 g/mol. The van der Waals surface area contributed by atoms with Gasteiger partial charge < -0.3 is 19.2 Å². The highest BCUT2D eigenvalue weighted by atomic mass is 35.5. The normalized spacial score (nSPS) is 10.8. The zero-order valence-corrected chi connectivity index (χ0v) is 18.1. The molecule has 164 valence electrons. The summed E-state index contributed by atoms with van der Waals surface area (Å²) in [5, 5.41) is 7.97. The number of halogens is 1. The third kappa shape index (κ3) is 5.16. The van der Waals surface area contributed by atoms with Crippen LogP contribution < -0.4 is 10.1 Å². The van der Waals surface area contributed by atoms with Gasteiger partial charge in [0.1, 0.15) is 12.3 Å². The van der Waals surface area contributed by atoms with Gasteiger partial charge in [0, 0.05) is 37.0 Å². The Labute approximate surface area is 189 Å². The predicted octanol–water partition coefficient (Wildman–Crippen LogP) is 4.14. The SMILES string of the molecule is COCCOc1ccc(CNC(=O)c2cc(-c3ccco3)n(-c3ccc(Cl)cc3)n2)cn1. The summed E-state index contributed by atoms with van der Waals surface area (Å²) in [4.78, 5) is 17.0. The molecule has 1 amide bonds. The first-order valence-corrected chi connectivity index (χ1v) is 10.3. The fraction of sp³-hybridized carbons (Fsp3) is 0.174. The van der Waals surface area contributed by atoms with Crippen molar-refractivity contribution in [1.29, 1.82) is 0 Å². The fourth-order valence-electron chi connectivity index (χ4n) is 2.97. The minimum Gasteiger partial charge on any atom is -0.475 e. The average Bonchev–Trinajstić information content (AvgIpc) is 3.49. The second kappa shape index (κ2) is 10.1. The molecule has 1 N–H and O–H groups in total. The van der Waals surface area contributed by atoms with Gasteiger partial charge in [-0.25, -0.2) is 9.67 Å². The molecule has 0 saturated carbocycles. The molecule has 0 aliphatic rings. The number of pyridine rings is 1. The van der Waals surface area contributed by atoms with Gasteiger partial charge in [-0.2, -0.15) is 5.10 Å². The van der Waals surface area contributed by atoms with Gasteiger partial charge in [-0.05, 0) is 42.0 Å². The number of carbonyl (C=O) groups is 1. The predicted molar refractivity (Wildman–Crippen MR) is 119 cm³/mol. The Balaban J connectivity index is 1.48. The van der Waals surface area contributed by atoms with Crippen LogP contribution in [0.5, 0.6) is 5.88 Å². The number of amides is 1. The number of nitrogens with zero attached hydrogens (tertiary/aromatic N) is 3. The first-order chi connectivity index (χ1) is 15.6. The number of nitrogens with one attached hydrogen (secondary N) is 1. The van der Waals surface area contributed by atoms with Crippen molar-refractivity contribution in [3.05, 3.63) is 83.3 Å². The summed E-state index contributed by atoms with van der Waals surface area (Å²) in [5.41, 5.74) is 2.51. The lowest BCUT2D eigenvalue weighted by Crippen LogP contribution is -2.23. The number of hydrogen-bond acceptors (Lipinski definition) is 6. The van der Waals surface area contributed by atoms with Gasteiger partial charge in [-0.3, -0.25) is 4.79 Å². The number of hydrogen-bond donors (Lipinski definition) is 1. The molecule has 3 aromatic heterocycles. The molecule has 0 unspecified atom stereocenters. The van der Waals surface area contributed by atoms with Crippen molar-refractivity contribution in [1.82, 2.24) is 20.1 Å². The smallest absolute Gasteiger partial charge is 0.272 e. The van der Waals surface area contributed by atoms with E-state index in [0.29, 0.717) is 42.1 Å². The summed E-state index contributed by atoms with van der Waals surface area (Å²) in [6.45, 7) is 1.21. The molecule has 1 aromatic carbocycles. The number of aromatic nitrogens is 3. The first-order valence-electron chi connectivity index (χ1n) is 9.89. The van der Waals surface area contributed by atoms with E-state index >= 15 is 0 Å². The third-order valence-corrected chi connectivity index (χ3v) is 4.83. The van der Waals surface area contributed by atoms with Crippen molar-refractivity contribution < 1.29 is 18.7 Å². The maximum Gasteiger partial charge on any atom is 0.272 e. The standard InChI is InChI=1S/C23H21ClN4O4/c1-30-11-12-32-22-9-4-16(14-25-22)15-26-23(29)19-13-20(21-3-2-10-31-21)28(27-19)18-7-5-17(24)6-8-18/h2-10,13-14H,11-12,15H2,1H3,(H,26,29). The summed E-state index contributed by atoms with van der Waals surface area (Å²) in [6, 6.07) is 16.1. The Morgan fingerprint density at radius 3 is 2.69 bits per heavy atom. The van der Waals surface area contributed by atoms with Crippen LogP contribution in [0.1, 0.15) is 16.1 Å². The van der Waals surface area contributed by atoms with Gasteiger partial charge in [0.25, 0.3) is 5.91 Å². The number of methoxy groups -OCH3 is 1. The second-order valence-electron chi connectivity index (χ2n) is 6.81. The number of carbonyl (C=O) groups excluding carboxylic acids is 1. The lowest BCUT2D eigenvalue weighted by molar-refractivity contribution is 0.0945. The van der Waals surface area contributed by atoms with E-state index in [0.717, 1.165) is 11.3 Å². The number of ether oxygens (including phenoxy) is 2.